The molecule has 0 bridgehead atoms. The van der Waals surface area contributed by atoms with Gasteiger partial charge in [-0.05, 0) is 126 Å². The van der Waals surface area contributed by atoms with Gasteiger partial charge in [-0.15, -0.1) is 0 Å². The molecule has 0 saturated carbocycles. The van der Waals surface area contributed by atoms with Gasteiger partial charge in [-0.2, -0.15) is 0 Å². The first-order chi connectivity index (χ1) is 30.9. The van der Waals surface area contributed by atoms with E-state index in [1.165, 1.54) is 11.1 Å². The number of carbonyl (C=O) groups is 6. The average molecular weight is 875 g/mol. The highest BCUT2D eigenvalue weighted by molar-refractivity contribution is 5.95. The Kier molecular flexibility index (Phi) is 15.5. The van der Waals surface area contributed by atoms with E-state index in [9.17, 15) is 28.8 Å². The molecule has 14 nitrogen and oxygen atoms in total. The highest BCUT2D eigenvalue weighted by atomic mass is 16.2. The summed E-state index contributed by atoms with van der Waals surface area (Å²) in [6, 6.07) is 19.3. The van der Waals surface area contributed by atoms with Crippen LogP contribution in [0.1, 0.15) is 111 Å². The van der Waals surface area contributed by atoms with E-state index < -0.39 is 36.3 Å². The summed E-state index contributed by atoms with van der Waals surface area (Å²) in [5.74, 6) is -1.65. The van der Waals surface area contributed by atoms with Crippen molar-refractivity contribution in [3.8, 4) is 0 Å². The van der Waals surface area contributed by atoms with E-state index in [0.717, 1.165) is 60.8 Å². The third kappa shape index (κ3) is 10.8. The third-order valence-corrected chi connectivity index (χ3v) is 13.8. The van der Waals surface area contributed by atoms with Gasteiger partial charge in [-0.1, -0.05) is 72.8 Å². The van der Waals surface area contributed by atoms with Crippen LogP contribution in [0.3, 0.4) is 0 Å². The second-order valence-corrected chi connectivity index (χ2v) is 18.1. The normalized spacial score (nSPS) is 22.2. The largest absolute Gasteiger partial charge is 0.347 e. The zero-order valence-electron chi connectivity index (χ0n) is 37.8. The molecule has 2 aliphatic carbocycles. The lowest BCUT2D eigenvalue weighted by Crippen LogP contribution is -2.56. The minimum Gasteiger partial charge on any atom is -0.347 e. The molecule has 2 saturated heterocycles. The van der Waals surface area contributed by atoms with Crippen LogP contribution in [0, 0.1) is 0 Å². The van der Waals surface area contributed by atoms with Crippen molar-refractivity contribution in [3.63, 3.8) is 0 Å². The highest BCUT2D eigenvalue weighted by Crippen LogP contribution is 2.32. The van der Waals surface area contributed by atoms with Crippen LogP contribution in [0.5, 0.6) is 0 Å². The number of likely N-dealkylation sites (tertiary alicyclic amines) is 2. The van der Waals surface area contributed by atoms with Crippen molar-refractivity contribution in [2.75, 3.05) is 27.2 Å². The zero-order chi connectivity index (χ0) is 45.3. The van der Waals surface area contributed by atoms with Crippen molar-refractivity contribution in [2.45, 2.75) is 139 Å². The van der Waals surface area contributed by atoms with Crippen LogP contribution in [0.4, 0.5) is 0 Å². The number of carbonyl (C=O) groups excluding carboxylic acids is 6. The number of amides is 6. The summed E-state index contributed by atoms with van der Waals surface area (Å²) in [5.41, 5.74) is 6.28. The molecule has 64 heavy (non-hydrogen) atoms. The fraction of sp³-hybridized carbons (Fsp3) is 0.520. The smallest absolute Gasteiger partial charge is 0.246 e. The Morgan fingerprint density at radius 3 is 1.33 bits per heavy atom. The molecule has 6 amide bonds. The molecule has 0 aromatic heterocycles. The maximum Gasteiger partial charge on any atom is 0.246 e. The quantitative estimate of drug-likeness (QED) is 0.127. The first-order valence-electron chi connectivity index (χ1n) is 23.4. The van der Waals surface area contributed by atoms with E-state index in [1.54, 1.807) is 37.7 Å². The van der Waals surface area contributed by atoms with Gasteiger partial charge >= 0.3 is 0 Å². The van der Waals surface area contributed by atoms with E-state index >= 15 is 0 Å². The molecule has 342 valence electrons. The molecule has 0 radical (unpaired) electrons. The lowest BCUT2D eigenvalue weighted by atomic mass is 9.87. The number of aryl methyl sites for hydroxylation is 2. The van der Waals surface area contributed by atoms with Crippen molar-refractivity contribution in [1.29, 1.82) is 0 Å². The van der Waals surface area contributed by atoms with Crippen molar-refractivity contribution in [2.24, 2.45) is 0 Å². The van der Waals surface area contributed by atoms with Gasteiger partial charge in [0, 0.05) is 25.9 Å². The van der Waals surface area contributed by atoms with Gasteiger partial charge in [0.2, 0.25) is 35.4 Å². The number of nitrogens with zero attached hydrogens (tertiary/aromatic N) is 2. The van der Waals surface area contributed by atoms with Gasteiger partial charge < -0.3 is 41.7 Å². The van der Waals surface area contributed by atoms with Crippen molar-refractivity contribution in [1.82, 2.24) is 41.7 Å². The molecule has 3 aromatic carbocycles. The number of hydrogen-bond donors (Lipinski definition) is 6. The Morgan fingerprint density at radius 2 is 0.938 bits per heavy atom. The minimum atomic E-state index is -0.935. The van der Waals surface area contributed by atoms with Crippen molar-refractivity contribution >= 4 is 35.4 Å². The van der Waals surface area contributed by atoms with Gasteiger partial charge in [0.25, 0.3) is 0 Å². The van der Waals surface area contributed by atoms with Gasteiger partial charge in [0.1, 0.15) is 24.2 Å². The Bertz CT molecular complexity index is 2010. The second-order valence-electron chi connectivity index (χ2n) is 18.1. The predicted molar refractivity (Wildman–Crippen MR) is 245 cm³/mol. The van der Waals surface area contributed by atoms with Gasteiger partial charge in [-0.3, -0.25) is 28.8 Å². The Labute approximate surface area is 377 Å². The molecule has 4 aliphatic rings. The van der Waals surface area contributed by atoms with E-state index in [-0.39, 0.29) is 60.4 Å². The molecule has 7 rings (SSSR count). The molecule has 8 atom stereocenters. The van der Waals surface area contributed by atoms with Crippen LogP contribution < -0.4 is 31.9 Å². The maximum absolute atomic E-state index is 14.4. The zero-order valence-corrected chi connectivity index (χ0v) is 37.8. The highest BCUT2D eigenvalue weighted by Gasteiger charge is 2.41. The molecule has 3 aromatic rings. The van der Waals surface area contributed by atoms with Gasteiger partial charge in [-0.25, -0.2) is 0 Å². The summed E-state index contributed by atoms with van der Waals surface area (Å²) in [6.45, 7) is 4.26. The molecule has 14 heteroatoms. The van der Waals surface area contributed by atoms with Crippen LogP contribution in [-0.4, -0.2) is 109 Å². The number of benzene rings is 3. The van der Waals surface area contributed by atoms with E-state index in [0.29, 0.717) is 38.8 Å². The molecule has 2 fully saturated rings. The second kappa shape index (κ2) is 21.4. The first-order valence-corrected chi connectivity index (χ1v) is 23.4. The summed E-state index contributed by atoms with van der Waals surface area (Å²) in [7, 11) is 3.36. The third-order valence-electron chi connectivity index (χ3n) is 13.8. The number of nitrogens with one attached hydrogen (secondary N) is 6. The summed E-state index contributed by atoms with van der Waals surface area (Å²) in [5, 5.41) is 18.3. The molecular weight excluding hydrogens is 809 g/mol. The maximum atomic E-state index is 14.4. The Morgan fingerprint density at radius 1 is 0.547 bits per heavy atom. The van der Waals surface area contributed by atoms with E-state index in [2.05, 4.69) is 56.2 Å². The fourth-order valence-corrected chi connectivity index (χ4v) is 9.89. The molecule has 0 spiro atoms. The summed E-state index contributed by atoms with van der Waals surface area (Å²) in [6.07, 6.45) is 8.35. The minimum absolute atomic E-state index is 0.114. The summed E-state index contributed by atoms with van der Waals surface area (Å²) in [4.78, 5) is 86.4. The SMILES string of the molecule is CN[C@@H](C)C(=O)N[C@@H](Cc1ccc(C[C@H](NC(=O)[C@H](C)NC)C(=O)N2CCC[C@H]2C(=O)N[C@@H]2CCCc3ccccc32)cc1)C(=O)N1CCC[C@H]1C(=O)N[C@@H]1CCCc2ccccc21. The monoisotopic (exact) mass is 875 g/mol. The van der Waals surface area contributed by atoms with E-state index in [1.807, 2.05) is 48.5 Å². The molecule has 0 unspecified atom stereocenters. The average Bonchev–Trinajstić information content (AvgIpc) is 4.02. The van der Waals surface area contributed by atoms with Gasteiger partial charge in [0.15, 0.2) is 0 Å². The molecule has 2 heterocycles. The van der Waals surface area contributed by atoms with Gasteiger partial charge in [0.05, 0.1) is 24.2 Å². The molecular formula is C50H66N8O6. The fourth-order valence-electron chi connectivity index (χ4n) is 9.89. The van der Waals surface area contributed by atoms with Crippen LogP contribution in [0.15, 0.2) is 72.8 Å². The van der Waals surface area contributed by atoms with Crippen LogP contribution in [-0.2, 0) is 54.5 Å². The van der Waals surface area contributed by atoms with E-state index in [4.69, 9.17) is 0 Å². The van der Waals surface area contributed by atoms with Crippen molar-refractivity contribution in [3.05, 3.63) is 106 Å². The summed E-state index contributed by atoms with van der Waals surface area (Å²) >= 11 is 0. The van der Waals surface area contributed by atoms with Crippen LogP contribution in [0.2, 0.25) is 0 Å². The Hall–Kier alpha value is -5.60. The Balaban J connectivity index is 1.04. The van der Waals surface area contributed by atoms with Crippen LogP contribution in [0.25, 0.3) is 0 Å². The molecule has 2 aliphatic heterocycles. The number of likely N-dealkylation sites (N-methyl/N-ethyl adjacent to an activating group) is 2. The lowest BCUT2D eigenvalue weighted by molar-refractivity contribution is -0.141. The summed E-state index contributed by atoms with van der Waals surface area (Å²) < 4.78 is 0. The lowest BCUT2D eigenvalue weighted by Gasteiger charge is -2.32. The molecule has 6 N–H and O–H groups in total. The first kappa shape index (κ1) is 46.4. The number of rotatable bonds is 16. The number of hydrogen-bond acceptors (Lipinski definition) is 8. The van der Waals surface area contributed by atoms with Crippen LogP contribution >= 0.6 is 0 Å². The number of fused-ring (bicyclic) bond motifs is 2. The topological polar surface area (TPSA) is 181 Å². The predicted octanol–water partition coefficient (Wildman–Crippen LogP) is 3.33. The standard InChI is InChI=1S/C50H66N8O6/c1-31(51-3)45(59)55-41(49(63)57-27-11-21-43(57)47(61)53-39-19-9-15-35-13-5-7-17-37(35)39)29-33-23-25-34(26-24-33)30-42(56-46(60)32(2)52-4)50(64)58-28-12-22-44(58)48(62)54-40-20-10-16-36-14-6-8-18-38(36)40/h5-8,13-14,17-18,23-26,31-32,39-44,51-52H,9-12,15-16,19-22,27-30H2,1-4H3,(H,53,61)(H,54,62)(H,55,59)(H,56,60)/t31-,32-,39+,40+,41-,42-,43-,44-/m0/s1. The van der Waals surface area contributed by atoms with Crippen molar-refractivity contribution < 1.29 is 28.8 Å².